The average Bonchev–Trinajstić information content (AvgIpc) is 2.72. The number of nitrogens with zero attached hydrogens (tertiary/aromatic N) is 2. The SMILES string of the molecule is CCC(O)(C(=O)N1CCN(C(=O)c2c(F)cccc2F)CC1)c1cccc(Cl)c1. The maximum atomic E-state index is 13.9. The fourth-order valence-electron chi connectivity index (χ4n) is 3.46. The van der Waals surface area contributed by atoms with E-state index in [1.807, 2.05) is 0 Å². The van der Waals surface area contributed by atoms with Crippen LogP contribution in [0.15, 0.2) is 42.5 Å². The minimum atomic E-state index is -1.74. The third kappa shape index (κ3) is 4.11. The Kier molecular flexibility index (Phi) is 6.19. The van der Waals surface area contributed by atoms with Gasteiger partial charge in [-0.25, -0.2) is 8.78 Å². The van der Waals surface area contributed by atoms with Crippen LogP contribution in [0.5, 0.6) is 0 Å². The number of carbonyl (C=O) groups is 2. The summed E-state index contributed by atoms with van der Waals surface area (Å²) < 4.78 is 27.8. The van der Waals surface area contributed by atoms with Gasteiger partial charge in [-0.15, -0.1) is 0 Å². The molecule has 0 aromatic heterocycles. The van der Waals surface area contributed by atoms with E-state index in [1.165, 1.54) is 15.9 Å². The van der Waals surface area contributed by atoms with Crippen LogP contribution in [0.1, 0.15) is 29.3 Å². The molecule has 1 aliphatic heterocycles. The van der Waals surface area contributed by atoms with Crippen LogP contribution >= 0.6 is 11.6 Å². The largest absolute Gasteiger partial charge is 0.375 e. The first-order valence-corrected chi connectivity index (χ1v) is 9.66. The predicted molar refractivity (Wildman–Crippen MR) is 104 cm³/mol. The van der Waals surface area contributed by atoms with Crippen molar-refractivity contribution in [2.24, 2.45) is 0 Å². The number of aliphatic hydroxyl groups is 1. The molecule has 2 aromatic rings. The van der Waals surface area contributed by atoms with Gasteiger partial charge in [0.25, 0.3) is 11.8 Å². The van der Waals surface area contributed by atoms with Gasteiger partial charge in [-0.3, -0.25) is 9.59 Å². The Bertz CT molecular complexity index is 912. The van der Waals surface area contributed by atoms with Gasteiger partial charge in [0.15, 0.2) is 5.60 Å². The number of amides is 2. The lowest BCUT2D eigenvalue weighted by Crippen LogP contribution is -2.55. The van der Waals surface area contributed by atoms with Crippen molar-refractivity contribution < 1.29 is 23.5 Å². The molecule has 1 fully saturated rings. The van der Waals surface area contributed by atoms with E-state index < -0.39 is 34.6 Å². The molecule has 8 heteroatoms. The van der Waals surface area contributed by atoms with Crippen LogP contribution in [0.2, 0.25) is 5.02 Å². The van der Waals surface area contributed by atoms with Crippen molar-refractivity contribution in [2.75, 3.05) is 26.2 Å². The summed E-state index contributed by atoms with van der Waals surface area (Å²) in [7, 11) is 0. The van der Waals surface area contributed by atoms with Crippen LogP contribution in [0.3, 0.4) is 0 Å². The standard InChI is InChI=1S/C21H21ClF2N2O3/c1-2-21(29,14-5-3-6-15(22)13-14)20(28)26-11-9-25(10-12-26)19(27)18-16(23)7-4-8-17(18)24/h3-8,13,29H,2,9-12H2,1H3. The summed E-state index contributed by atoms with van der Waals surface area (Å²) in [6, 6.07) is 9.74. The van der Waals surface area contributed by atoms with Gasteiger partial charge in [-0.1, -0.05) is 36.7 Å². The van der Waals surface area contributed by atoms with Gasteiger partial charge < -0.3 is 14.9 Å². The van der Waals surface area contributed by atoms with Crippen LogP contribution in [0.25, 0.3) is 0 Å². The van der Waals surface area contributed by atoms with E-state index >= 15 is 0 Å². The molecule has 1 unspecified atom stereocenters. The molecule has 154 valence electrons. The summed E-state index contributed by atoms with van der Waals surface area (Å²) in [6.07, 6.45) is 0.145. The predicted octanol–water partition coefficient (Wildman–Crippen LogP) is 3.20. The van der Waals surface area contributed by atoms with Crippen molar-refractivity contribution >= 4 is 23.4 Å². The molecule has 1 aliphatic rings. The molecule has 2 aromatic carbocycles. The average molecular weight is 423 g/mol. The second kappa shape index (κ2) is 8.47. The number of benzene rings is 2. The number of hydrogen-bond donors (Lipinski definition) is 1. The van der Waals surface area contributed by atoms with E-state index in [2.05, 4.69) is 0 Å². The zero-order valence-corrected chi connectivity index (χ0v) is 16.6. The topological polar surface area (TPSA) is 60.9 Å². The van der Waals surface area contributed by atoms with Gasteiger partial charge in [0.05, 0.1) is 0 Å². The lowest BCUT2D eigenvalue weighted by Gasteiger charge is -2.39. The maximum Gasteiger partial charge on any atom is 0.259 e. The van der Waals surface area contributed by atoms with Crippen molar-refractivity contribution in [3.8, 4) is 0 Å². The summed E-state index contributed by atoms with van der Waals surface area (Å²) in [5.74, 6) is -3.09. The minimum Gasteiger partial charge on any atom is -0.375 e. The normalized spacial score (nSPS) is 16.4. The highest BCUT2D eigenvalue weighted by Crippen LogP contribution is 2.30. The van der Waals surface area contributed by atoms with E-state index in [0.717, 1.165) is 12.1 Å². The van der Waals surface area contributed by atoms with Gasteiger partial charge in [0.2, 0.25) is 0 Å². The Balaban J connectivity index is 1.73. The zero-order chi connectivity index (χ0) is 21.2. The van der Waals surface area contributed by atoms with E-state index in [4.69, 9.17) is 11.6 Å². The molecule has 1 atom stereocenters. The van der Waals surface area contributed by atoms with Crippen molar-refractivity contribution in [3.63, 3.8) is 0 Å². The second-order valence-electron chi connectivity index (χ2n) is 6.91. The first-order chi connectivity index (χ1) is 13.8. The smallest absolute Gasteiger partial charge is 0.259 e. The van der Waals surface area contributed by atoms with Crippen molar-refractivity contribution in [1.82, 2.24) is 9.80 Å². The number of hydrogen-bond acceptors (Lipinski definition) is 3. The van der Waals surface area contributed by atoms with E-state index in [-0.39, 0.29) is 32.6 Å². The highest BCUT2D eigenvalue weighted by Gasteiger charge is 2.41. The Morgan fingerprint density at radius 3 is 2.14 bits per heavy atom. The van der Waals surface area contributed by atoms with Gasteiger partial charge in [-0.05, 0) is 36.2 Å². The summed E-state index contributed by atoms with van der Waals surface area (Å²) >= 11 is 5.99. The fourth-order valence-corrected chi connectivity index (χ4v) is 3.65. The number of carbonyl (C=O) groups excluding carboxylic acids is 2. The molecule has 0 bridgehead atoms. The summed E-state index contributed by atoms with van der Waals surface area (Å²) in [5, 5.41) is 11.4. The lowest BCUT2D eigenvalue weighted by molar-refractivity contribution is -0.154. The highest BCUT2D eigenvalue weighted by molar-refractivity contribution is 6.30. The number of halogens is 3. The van der Waals surface area contributed by atoms with Crippen molar-refractivity contribution in [3.05, 3.63) is 70.2 Å². The van der Waals surface area contributed by atoms with Gasteiger partial charge in [0, 0.05) is 31.2 Å². The molecule has 3 rings (SSSR count). The third-order valence-corrected chi connectivity index (χ3v) is 5.43. The number of piperazine rings is 1. The Morgan fingerprint density at radius 2 is 1.59 bits per heavy atom. The Labute approximate surface area is 172 Å². The molecular formula is C21H21ClF2N2O3. The first-order valence-electron chi connectivity index (χ1n) is 9.29. The molecular weight excluding hydrogens is 402 g/mol. The first kappa shape index (κ1) is 21.2. The maximum absolute atomic E-state index is 13.9. The highest BCUT2D eigenvalue weighted by atomic mass is 35.5. The van der Waals surface area contributed by atoms with E-state index in [1.54, 1.807) is 31.2 Å². The summed E-state index contributed by atoms with van der Waals surface area (Å²) in [4.78, 5) is 28.3. The second-order valence-corrected chi connectivity index (χ2v) is 7.34. The molecule has 1 heterocycles. The molecule has 5 nitrogen and oxygen atoms in total. The fraction of sp³-hybridized carbons (Fsp3) is 0.333. The van der Waals surface area contributed by atoms with E-state index in [0.29, 0.717) is 10.6 Å². The molecule has 2 amide bonds. The van der Waals surface area contributed by atoms with Crippen LogP contribution in [0.4, 0.5) is 8.78 Å². The third-order valence-electron chi connectivity index (χ3n) is 5.20. The van der Waals surface area contributed by atoms with Gasteiger partial charge in [-0.2, -0.15) is 0 Å². The zero-order valence-electron chi connectivity index (χ0n) is 15.9. The summed E-state index contributed by atoms with van der Waals surface area (Å²) in [6.45, 7) is 2.19. The van der Waals surface area contributed by atoms with Crippen LogP contribution < -0.4 is 0 Å². The molecule has 1 saturated heterocycles. The molecule has 29 heavy (non-hydrogen) atoms. The van der Waals surface area contributed by atoms with Crippen molar-refractivity contribution in [1.29, 1.82) is 0 Å². The van der Waals surface area contributed by atoms with Gasteiger partial charge >= 0.3 is 0 Å². The molecule has 0 spiro atoms. The molecule has 0 saturated carbocycles. The van der Waals surface area contributed by atoms with Crippen LogP contribution in [0, 0.1) is 11.6 Å². The number of rotatable bonds is 4. The van der Waals surface area contributed by atoms with E-state index in [9.17, 15) is 23.5 Å². The molecule has 1 N–H and O–H groups in total. The Morgan fingerprint density at radius 1 is 1.03 bits per heavy atom. The molecule has 0 aliphatic carbocycles. The Hall–Kier alpha value is -2.51. The van der Waals surface area contributed by atoms with Crippen LogP contribution in [-0.4, -0.2) is 52.9 Å². The molecule has 0 radical (unpaired) electrons. The minimum absolute atomic E-state index is 0.105. The monoisotopic (exact) mass is 422 g/mol. The lowest BCUT2D eigenvalue weighted by atomic mass is 9.89. The van der Waals surface area contributed by atoms with Crippen LogP contribution in [-0.2, 0) is 10.4 Å². The van der Waals surface area contributed by atoms with Crippen molar-refractivity contribution in [2.45, 2.75) is 18.9 Å². The summed E-state index contributed by atoms with van der Waals surface area (Å²) in [5.41, 5.74) is -1.95. The van der Waals surface area contributed by atoms with Gasteiger partial charge in [0.1, 0.15) is 17.2 Å². The quantitative estimate of drug-likeness (QED) is 0.823.